The van der Waals surface area contributed by atoms with Gasteiger partial charge in [0.25, 0.3) is 0 Å². The van der Waals surface area contributed by atoms with Crippen LogP contribution in [0.15, 0.2) is 24.3 Å². The zero-order valence-corrected chi connectivity index (χ0v) is 17.1. The van der Waals surface area contributed by atoms with E-state index >= 15 is 0 Å². The third-order valence-corrected chi connectivity index (χ3v) is 5.11. The molecular weight excluding hydrogens is 302 g/mol. The van der Waals surface area contributed by atoms with Crippen molar-refractivity contribution < 1.29 is 0 Å². The maximum absolute atomic E-state index is 3.61. The minimum atomic E-state index is 1.12. The molecule has 0 saturated carbocycles. The highest BCUT2D eigenvalue weighted by Crippen LogP contribution is 2.15. The van der Waals surface area contributed by atoms with E-state index in [4.69, 9.17) is 0 Å². The van der Waals surface area contributed by atoms with Gasteiger partial charge in [0.05, 0.1) is 0 Å². The van der Waals surface area contributed by atoms with E-state index in [0.29, 0.717) is 0 Å². The van der Waals surface area contributed by atoms with Gasteiger partial charge in [-0.25, -0.2) is 0 Å². The molecule has 0 bridgehead atoms. The van der Waals surface area contributed by atoms with Gasteiger partial charge in [-0.3, -0.25) is 0 Å². The molecule has 1 aromatic carbocycles. The van der Waals surface area contributed by atoms with Gasteiger partial charge in [0, 0.05) is 12.2 Å². The van der Waals surface area contributed by atoms with Gasteiger partial charge in [0.1, 0.15) is 0 Å². The monoisotopic (exact) mass is 345 g/mol. The molecule has 0 fully saturated rings. The van der Waals surface area contributed by atoms with Crippen LogP contribution in [0, 0.1) is 0 Å². The summed E-state index contributed by atoms with van der Waals surface area (Å²) in [6, 6.07) is 9.07. The highest BCUT2D eigenvalue weighted by molar-refractivity contribution is 5.45. The van der Waals surface area contributed by atoms with E-state index in [9.17, 15) is 0 Å². The summed E-state index contributed by atoms with van der Waals surface area (Å²) in [6.07, 6.45) is 20.6. The summed E-state index contributed by atoms with van der Waals surface area (Å²) in [5.74, 6) is 0. The average molecular weight is 346 g/mol. The fraction of sp³-hybridized carbons (Fsp3) is 0.750. The number of aryl methyl sites for hydroxylation is 1. The van der Waals surface area contributed by atoms with Gasteiger partial charge in [-0.2, -0.15) is 0 Å². The molecule has 0 amide bonds. The minimum absolute atomic E-state index is 1.12. The normalized spacial score (nSPS) is 11.0. The summed E-state index contributed by atoms with van der Waals surface area (Å²) in [5.41, 5.74) is 2.81. The summed E-state index contributed by atoms with van der Waals surface area (Å²) in [5, 5.41) is 3.61. The number of benzene rings is 1. The molecule has 0 aliphatic carbocycles. The number of nitrogens with one attached hydrogen (secondary N) is 1. The van der Waals surface area contributed by atoms with Crippen molar-refractivity contribution >= 4 is 5.69 Å². The van der Waals surface area contributed by atoms with Crippen LogP contribution in [0.4, 0.5) is 5.69 Å². The molecule has 0 aliphatic heterocycles. The maximum Gasteiger partial charge on any atom is 0.0342 e. The first-order valence-electron chi connectivity index (χ1n) is 11.2. The molecule has 0 spiro atoms. The lowest BCUT2D eigenvalue weighted by molar-refractivity contribution is 0.581. The molecule has 0 heterocycles. The summed E-state index contributed by atoms with van der Waals surface area (Å²) >= 11 is 0. The molecule has 144 valence electrons. The van der Waals surface area contributed by atoms with Gasteiger partial charge in [0.15, 0.2) is 0 Å². The van der Waals surface area contributed by atoms with Crippen LogP contribution < -0.4 is 5.32 Å². The second kappa shape index (κ2) is 16.5. The van der Waals surface area contributed by atoms with Gasteiger partial charge in [0.2, 0.25) is 0 Å². The summed E-state index contributed by atoms with van der Waals surface area (Å²) < 4.78 is 0. The highest BCUT2D eigenvalue weighted by Gasteiger charge is 1.98. The van der Waals surface area contributed by atoms with E-state index in [2.05, 4.69) is 43.4 Å². The van der Waals surface area contributed by atoms with Crippen LogP contribution >= 0.6 is 0 Å². The summed E-state index contributed by atoms with van der Waals surface area (Å²) in [4.78, 5) is 0. The Balaban J connectivity index is 2.04. The van der Waals surface area contributed by atoms with Crippen LogP contribution in [0.2, 0.25) is 0 Å². The predicted molar refractivity (Wildman–Crippen MR) is 115 cm³/mol. The molecule has 0 atom stereocenters. The third kappa shape index (κ3) is 13.0. The Hall–Kier alpha value is -0.980. The first-order valence-corrected chi connectivity index (χ1v) is 11.2. The van der Waals surface area contributed by atoms with Crippen LogP contribution in [-0.2, 0) is 6.42 Å². The molecule has 1 rings (SSSR count). The van der Waals surface area contributed by atoms with Gasteiger partial charge in [-0.1, -0.05) is 103 Å². The van der Waals surface area contributed by atoms with E-state index in [-0.39, 0.29) is 0 Å². The number of unbranched alkanes of at least 4 members (excludes halogenated alkanes) is 12. The molecule has 1 aromatic rings. The molecule has 1 N–H and O–H groups in total. The van der Waals surface area contributed by atoms with E-state index in [0.717, 1.165) is 6.54 Å². The predicted octanol–water partition coefficient (Wildman–Crippen LogP) is 8.14. The van der Waals surface area contributed by atoms with Crippen molar-refractivity contribution in [3.8, 4) is 0 Å². The van der Waals surface area contributed by atoms with E-state index in [1.165, 1.54) is 108 Å². The van der Waals surface area contributed by atoms with Gasteiger partial charge in [-0.05, 0) is 37.0 Å². The molecular formula is C24H43N. The van der Waals surface area contributed by atoms with Crippen molar-refractivity contribution in [3.05, 3.63) is 29.8 Å². The molecule has 1 nitrogen and oxygen atoms in total. The lowest BCUT2D eigenvalue weighted by Gasteiger charge is -2.09. The highest BCUT2D eigenvalue weighted by atomic mass is 14.9. The van der Waals surface area contributed by atoms with Crippen LogP contribution in [-0.4, -0.2) is 6.54 Å². The zero-order chi connectivity index (χ0) is 18.0. The smallest absolute Gasteiger partial charge is 0.0342 e. The Kier molecular flexibility index (Phi) is 14.5. The average Bonchev–Trinajstić information content (AvgIpc) is 2.63. The molecule has 1 heteroatoms. The first kappa shape index (κ1) is 22.1. The Morgan fingerprint density at radius 1 is 0.640 bits per heavy atom. The fourth-order valence-electron chi connectivity index (χ4n) is 3.44. The number of hydrogen-bond acceptors (Lipinski definition) is 1. The Morgan fingerprint density at radius 2 is 1.20 bits per heavy atom. The third-order valence-electron chi connectivity index (χ3n) is 5.11. The van der Waals surface area contributed by atoms with Crippen LogP contribution in [0.25, 0.3) is 0 Å². The van der Waals surface area contributed by atoms with Crippen LogP contribution in [0.3, 0.4) is 0 Å². The van der Waals surface area contributed by atoms with Gasteiger partial charge >= 0.3 is 0 Å². The molecule has 0 aromatic heterocycles. The number of anilines is 1. The van der Waals surface area contributed by atoms with Crippen molar-refractivity contribution in [3.63, 3.8) is 0 Å². The quantitative estimate of drug-likeness (QED) is 0.281. The second-order valence-electron chi connectivity index (χ2n) is 7.62. The molecule has 0 saturated heterocycles. The van der Waals surface area contributed by atoms with Crippen molar-refractivity contribution in [1.29, 1.82) is 0 Å². The lowest BCUT2D eigenvalue weighted by atomic mass is 10.0. The minimum Gasteiger partial charge on any atom is -0.385 e. The molecule has 25 heavy (non-hydrogen) atoms. The van der Waals surface area contributed by atoms with Gasteiger partial charge < -0.3 is 5.32 Å². The summed E-state index contributed by atoms with van der Waals surface area (Å²) in [6.45, 7) is 5.69. The van der Waals surface area contributed by atoms with E-state index in [1.807, 2.05) is 0 Å². The largest absolute Gasteiger partial charge is 0.385 e. The molecule has 0 aliphatic rings. The number of rotatable bonds is 17. The second-order valence-corrected chi connectivity index (χ2v) is 7.62. The molecule has 0 radical (unpaired) electrons. The standard InChI is InChI=1S/C24H43N/c1-3-5-7-9-11-12-14-16-21-25-24-20-17-19-23(22-24)18-15-13-10-8-6-4-2/h17,19-20,22,25H,3-16,18,21H2,1-2H3. The Morgan fingerprint density at radius 3 is 1.84 bits per heavy atom. The van der Waals surface area contributed by atoms with Gasteiger partial charge in [-0.15, -0.1) is 0 Å². The van der Waals surface area contributed by atoms with E-state index < -0.39 is 0 Å². The topological polar surface area (TPSA) is 12.0 Å². The Bertz CT molecular complexity index is 399. The fourth-order valence-corrected chi connectivity index (χ4v) is 3.44. The van der Waals surface area contributed by atoms with Crippen LogP contribution in [0.1, 0.15) is 109 Å². The van der Waals surface area contributed by atoms with Crippen molar-refractivity contribution in [2.24, 2.45) is 0 Å². The first-order chi connectivity index (χ1) is 12.4. The lowest BCUT2D eigenvalue weighted by Crippen LogP contribution is -2.01. The Labute approximate surface area is 158 Å². The summed E-state index contributed by atoms with van der Waals surface area (Å²) in [7, 11) is 0. The van der Waals surface area contributed by atoms with Crippen LogP contribution in [0.5, 0.6) is 0 Å². The zero-order valence-electron chi connectivity index (χ0n) is 17.1. The molecule has 0 unspecified atom stereocenters. The van der Waals surface area contributed by atoms with Crippen molar-refractivity contribution in [2.45, 2.75) is 110 Å². The van der Waals surface area contributed by atoms with E-state index in [1.54, 1.807) is 0 Å². The SMILES string of the molecule is CCCCCCCCCCNc1cccc(CCCCCCCC)c1. The number of hydrogen-bond donors (Lipinski definition) is 1. The van der Waals surface area contributed by atoms with Crippen molar-refractivity contribution in [1.82, 2.24) is 0 Å². The maximum atomic E-state index is 3.61. The van der Waals surface area contributed by atoms with Crippen molar-refractivity contribution in [2.75, 3.05) is 11.9 Å².